The molecule has 0 unspecified atom stereocenters. The van der Waals surface area contributed by atoms with E-state index in [0.29, 0.717) is 30.7 Å². The van der Waals surface area contributed by atoms with E-state index >= 15 is 0 Å². The van der Waals surface area contributed by atoms with E-state index < -0.39 is 5.54 Å². The first kappa shape index (κ1) is 21.6. The van der Waals surface area contributed by atoms with E-state index in [9.17, 15) is 19.2 Å². The van der Waals surface area contributed by atoms with Crippen molar-refractivity contribution in [3.63, 3.8) is 0 Å². The van der Waals surface area contributed by atoms with Crippen molar-refractivity contribution in [3.8, 4) is 5.75 Å². The van der Waals surface area contributed by atoms with Crippen molar-refractivity contribution in [2.24, 2.45) is 0 Å². The van der Waals surface area contributed by atoms with E-state index in [-0.39, 0.29) is 43.3 Å². The highest BCUT2D eigenvalue weighted by Crippen LogP contribution is 2.35. The number of nitrogens with zero attached hydrogens (tertiary/aromatic N) is 2. The summed E-state index contributed by atoms with van der Waals surface area (Å²) in [6.07, 6.45) is 3.72. The number of hydrogen-bond donors (Lipinski definition) is 2. The molecular weight excluding hydrogens is 388 g/mol. The van der Waals surface area contributed by atoms with E-state index in [2.05, 4.69) is 10.6 Å². The van der Waals surface area contributed by atoms with Gasteiger partial charge in [-0.1, -0.05) is 18.9 Å². The summed E-state index contributed by atoms with van der Waals surface area (Å²) >= 11 is 0. The third-order valence-electron chi connectivity index (χ3n) is 5.64. The van der Waals surface area contributed by atoms with Crippen LogP contribution in [0.2, 0.25) is 0 Å². The molecule has 2 aliphatic rings. The Morgan fingerprint density at radius 3 is 2.70 bits per heavy atom. The third-order valence-corrected chi connectivity index (χ3v) is 5.64. The Balaban J connectivity index is 1.42. The highest BCUT2D eigenvalue weighted by molar-refractivity contribution is 6.07. The zero-order valence-electron chi connectivity index (χ0n) is 17.4. The second-order valence-electron chi connectivity index (χ2n) is 7.81. The minimum absolute atomic E-state index is 0.0950. The van der Waals surface area contributed by atoms with Crippen LogP contribution in [0, 0.1) is 0 Å². The summed E-state index contributed by atoms with van der Waals surface area (Å²) in [4.78, 5) is 51.8. The average molecular weight is 416 g/mol. The molecule has 1 heterocycles. The van der Waals surface area contributed by atoms with Crippen LogP contribution in [0.5, 0.6) is 5.75 Å². The van der Waals surface area contributed by atoms with E-state index in [1.807, 2.05) is 0 Å². The first-order chi connectivity index (χ1) is 14.3. The molecule has 1 aliphatic carbocycles. The molecule has 162 valence electrons. The maximum Gasteiger partial charge on any atom is 0.325 e. The predicted octanol–water partition coefficient (Wildman–Crippen LogP) is 1.74. The van der Waals surface area contributed by atoms with Gasteiger partial charge < -0.3 is 20.3 Å². The number of benzene rings is 1. The average Bonchev–Trinajstić information content (AvgIpc) is 3.28. The second kappa shape index (κ2) is 9.15. The van der Waals surface area contributed by atoms with Gasteiger partial charge in [0.2, 0.25) is 11.8 Å². The van der Waals surface area contributed by atoms with Crippen LogP contribution in [-0.4, -0.2) is 66.3 Å². The molecule has 1 aromatic carbocycles. The van der Waals surface area contributed by atoms with E-state index in [0.717, 1.165) is 12.8 Å². The maximum absolute atomic E-state index is 12.6. The number of anilines is 1. The molecule has 0 radical (unpaired) electrons. The Kier molecular flexibility index (Phi) is 6.59. The van der Waals surface area contributed by atoms with Crippen LogP contribution in [0.15, 0.2) is 24.3 Å². The zero-order chi connectivity index (χ0) is 21.7. The largest absolute Gasteiger partial charge is 0.497 e. The van der Waals surface area contributed by atoms with Crippen LogP contribution in [0.3, 0.4) is 0 Å². The highest BCUT2D eigenvalue weighted by atomic mass is 16.5. The predicted molar refractivity (Wildman–Crippen MR) is 110 cm³/mol. The molecule has 5 amide bonds. The van der Waals surface area contributed by atoms with Crippen molar-refractivity contribution < 1.29 is 23.9 Å². The summed E-state index contributed by atoms with van der Waals surface area (Å²) in [5, 5.41) is 5.55. The molecule has 9 heteroatoms. The summed E-state index contributed by atoms with van der Waals surface area (Å²) < 4.78 is 5.12. The molecule has 2 N–H and O–H groups in total. The molecule has 3 rings (SSSR count). The van der Waals surface area contributed by atoms with Gasteiger partial charge in [0.1, 0.15) is 11.3 Å². The minimum Gasteiger partial charge on any atom is -0.497 e. The molecule has 1 saturated carbocycles. The Hall–Kier alpha value is -3.10. The number of rotatable bonds is 8. The molecule has 1 aliphatic heterocycles. The van der Waals surface area contributed by atoms with Crippen molar-refractivity contribution in [2.75, 3.05) is 32.6 Å². The van der Waals surface area contributed by atoms with Gasteiger partial charge in [0.25, 0.3) is 5.91 Å². The number of ether oxygens (including phenoxy) is 1. The molecule has 1 aromatic rings. The SMILES string of the molecule is COc1cccc(NC(=O)CN(C)C(=O)CCCN2C(=O)NC3(CCCC3)C2=O)c1. The number of imide groups is 1. The maximum atomic E-state index is 12.6. The molecule has 0 atom stereocenters. The smallest absolute Gasteiger partial charge is 0.325 e. The summed E-state index contributed by atoms with van der Waals surface area (Å²) in [7, 11) is 3.09. The number of amides is 5. The van der Waals surface area contributed by atoms with Gasteiger partial charge in [0.15, 0.2) is 0 Å². The van der Waals surface area contributed by atoms with E-state index in [4.69, 9.17) is 4.74 Å². The van der Waals surface area contributed by atoms with Crippen LogP contribution < -0.4 is 15.4 Å². The van der Waals surface area contributed by atoms with Crippen LogP contribution >= 0.6 is 0 Å². The van der Waals surface area contributed by atoms with Gasteiger partial charge in [-0.2, -0.15) is 0 Å². The number of hydrogen-bond acceptors (Lipinski definition) is 5. The lowest BCUT2D eigenvalue weighted by Gasteiger charge is -2.20. The molecule has 2 fully saturated rings. The normalized spacial score (nSPS) is 17.2. The number of carbonyl (C=O) groups is 4. The molecule has 30 heavy (non-hydrogen) atoms. The van der Waals surface area contributed by atoms with Gasteiger partial charge in [-0.25, -0.2) is 4.79 Å². The number of nitrogens with one attached hydrogen (secondary N) is 2. The Morgan fingerprint density at radius 2 is 2.00 bits per heavy atom. The summed E-state index contributed by atoms with van der Waals surface area (Å²) in [6.45, 7) is 0.101. The fourth-order valence-corrected chi connectivity index (χ4v) is 3.98. The van der Waals surface area contributed by atoms with E-state index in [1.54, 1.807) is 38.4 Å². The first-order valence-electron chi connectivity index (χ1n) is 10.2. The highest BCUT2D eigenvalue weighted by Gasteiger charge is 2.52. The van der Waals surface area contributed by atoms with Crippen molar-refractivity contribution in [2.45, 2.75) is 44.1 Å². The van der Waals surface area contributed by atoms with E-state index in [1.165, 1.54) is 9.80 Å². The number of urea groups is 1. The van der Waals surface area contributed by atoms with Crippen molar-refractivity contribution in [1.82, 2.24) is 15.1 Å². The monoisotopic (exact) mass is 416 g/mol. The molecular formula is C21H28N4O5. The lowest BCUT2D eigenvalue weighted by molar-refractivity contribution is -0.134. The van der Waals surface area contributed by atoms with Crippen molar-refractivity contribution >= 4 is 29.4 Å². The standard InChI is InChI=1S/C21H28N4O5/c1-24(14-17(26)22-15-7-5-8-16(13-15)30-2)18(27)9-6-12-25-19(28)21(23-20(25)29)10-3-4-11-21/h5,7-8,13H,3-4,6,9-12,14H2,1-2H3,(H,22,26)(H,23,29). The van der Waals surface area contributed by atoms with Crippen LogP contribution in [0.1, 0.15) is 38.5 Å². The first-order valence-corrected chi connectivity index (χ1v) is 10.2. The number of likely N-dealkylation sites (N-methyl/N-ethyl adjacent to an activating group) is 1. The fourth-order valence-electron chi connectivity index (χ4n) is 3.98. The summed E-state index contributed by atoms with van der Waals surface area (Å²) in [5.74, 6) is -0.101. The summed E-state index contributed by atoms with van der Waals surface area (Å²) in [6, 6.07) is 6.58. The Labute approximate surface area is 175 Å². The second-order valence-corrected chi connectivity index (χ2v) is 7.81. The van der Waals surface area contributed by atoms with Crippen molar-refractivity contribution in [1.29, 1.82) is 0 Å². The topological polar surface area (TPSA) is 108 Å². The van der Waals surface area contributed by atoms with Gasteiger partial charge in [0, 0.05) is 31.8 Å². The molecule has 1 spiro atoms. The zero-order valence-corrected chi connectivity index (χ0v) is 17.4. The minimum atomic E-state index is -0.726. The van der Waals surface area contributed by atoms with Gasteiger partial charge in [-0.05, 0) is 31.4 Å². The molecule has 0 aromatic heterocycles. The summed E-state index contributed by atoms with van der Waals surface area (Å²) in [5.41, 5.74) is -0.143. The van der Waals surface area contributed by atoms with Crippen LogP contribution in [0.4, 0.5) is 10.5 Å². The Morgan fingerprint density at radius 1 is 1.27 bits per heavy atom. The van der Waals surface area contributed by atoms with Gasteiger partial charge in [0.05, 0.1) is 13.7 Å². The molecule has 0 bridgehead atoms. The number of methoxy groups -OCH3 is 1. The molecule has 9 nitrogen and oxygen atoms in total. The van der Waals surface area contributed by atoms with Gasteiger partial charge in [-0.3, -0.25) is 19.3 Å². The van der Waals surface area contributed by atoms with Gasteiger partial charge >= 0.3 is 6.03 Å². The molecule has 1 saturated heterocycles. The van der Waals surface area contributed by atoms with Crippen LogP contribution in [0.25, 0.3) is 0 Å². The lowest BCUT2D eigenvalue weighted by atomic mass is 9.98. The van der Waals surface area contributed by atoms with Gasteiger partial charge in [-0.15, -0.1) is 0 Å². The van der Waals surface area contributed by atoms with Crippen LogP contribution in [-0.2, 0) is 14.4 Å². The quantitative estimate of drug-likeness (QED) is 0.628. The lowest BCUT2D eigenvalue weighted by Crippen LogP contribution is -2.44. The number of carbonyl (C=O) groups excluding carboxylic acids is 4. The fraction of sp³-hybridized carbons (Fsp3) is 0.524. The van der Waals surface area contributed by atoms with Crippen molar-refractivity contribution in [3.05, 3.63) is 24.3 Å². The Bertz CT molecular complexity index is 834. The third kappa shape index (κ3) is 4.72.